The molecule has 0 radical (unpaired) electrons. The highest BCUT2D eigenvalue weighted by Crippen LogP contribution is 2.25. The number of rotatable bonds is 6. The van der Waals surface area contributed by atoms with Crippen LogP contribution >= 0.6 is 0 Å². The van der Waals surface area contributed by atoms with E-state index in [9.17, 15) is 5.11 Å². The molecule has 1 saturated carbocycles. The van der Waals surface area contributed by atoms with Crippen LogP contribution in [0.4, 0.5) is 11.8 Å². The van der Waals surface area contributed by atoms with Gasteiger partial charge in [-0.2, -0.15) is 5.26 Å². The lowest BCUT2D eigenvalue weighted by Gasteiger charge is -2.17. The van der Waals surface area contributed by atoms with Crippen molar-refractivity contribution in [3.63, 3.8) is 0 Å². The summed E-state index contributed by atoms with van der Waals surface area (Å²) in [4.78, 5) is 13.4. The minimum absolute atomic E-state index is 0.174. The summed E-state index contributed by atoms with van der Waals surface area (Å²) in [5.74, 6) is 1.15. The maximum Gasteiger partial charge on any atom is 0.223 e. The highest BCUT2D eigenvalue weighted by Gasteiger charge is 2.25. The Kier molecular flexibility index (Phi) is 5.49. The predicted molar refractivity (Wildman–Crippen MR) is 101 cm³/mol. The number of hydrogen-bond acceptors (Lipinski definition) is 8. The Hall–Kier alpha value is -2.50. The zero-order chi connectivity index (χ0) is 18.7. The topological polar surface area (TPSA) is 119 Å². The van der Waals surface area contributed by atoms with Gasteiger partial charge in [0.05, 0.1) is 0 Å². The fourth-order valence-corrected chi connectivity index (χ4v) is 3.33. The van der Waals surface area contributed by atoms with Gasteiger partial charge in [0.25, 0.3) is 0 Å². The number of hydrogen-bond donors (Lipinski definition) is 4. The normalized spacial score (nSPS) is 20.9. The molecule has 3 atom stereocenters. The maximum absolute atomic E-state index is 9.46. The summed E-state index contributed by atoms with van der Waals surface area (Å²) in [7, 11) is 0. The summed E-state index contributed by atoms with van der Waals surface area (Å²) in [5, 5.41) is 29.2. The number of nitrogens with zero attached hydrogens (tertiary/aromatic N) is 4. The van der Waals surface area contributed by atoms with E-state index < -0.39 is 6.23 Å². The molecule has 1 aliphatic carbocycles. The van der Waals surface area contributed by atoms with Gasteiger partial charge >= 0.3 is 0 Å². The zero-order valence-corrected chi connectivity index (χ0v) is 15.3. The van der Waals surface area contributed by atoms with E-state index >= 15 is 0 Å². The van der Waals surface area contributed by atoms with Crippen molar-refractivity contribution in [1.29, 1.82) is 5.26 Å². The Balaban J connectivity index is 1.81. The summed E-state index contributed by atoms with van der Waals surface area (Å²) in [5.41, 5.74) is 1.04. The predicted octanol–water partition coefficient (Wildman–Crippen LogP) is 1.98. The Labute approximate surface area is 153 Å². The van der Waals surface area contributed by atoms with Gasteiger partial charge in [0.2, 0.25) is 5.95 Å². The van der Waals surface area contributed by atoms with Crippen LogP contribution in [0.5, 0.6) is 0 Å². The molecule has 0 amide bonds. The second-order valence-corrected chi connectivity index (χ2v) is 7.09. The lowest BCUT2D eigenvalue weighted by Crippen LogP contribution is -2.35. The molecule has 0 aromatic carbocycles. The Morgan fingerprint density at radius 2 is 2.00 bits per heavy atom. The fraction of sp³-hybridized carbons (Fsp3) is 0.556. The molecule has 2 aromatic rings. The van der Waals surface area contributed by atoms with Crippen molar-refractivity contribution in [1.82, 2.24) is 20.3 Å². The summed E-state index contributed by atoms with van der Waals surface area (Å²) in [6.45, 7) is 5.76. The quantitative estimate of drug-likeness (QED) is 0.581. The van der Waals surface area contributed by atoms with Gasteiger partial charge in [-0.05, 0) is 46.1 Å². The molecule has 1 fully saturated rings. The highest BCUT2D eigenvalue weighted by molar-refractivity contribution is 5.89. The monoisotopic (exact) mass is 355 g/mol. The number of aliphatic hydroxyl groups excluding tert-OH is 1. The van der Waals surface area contributed by atoms with Crippen molar-refractivity contribution in [3.8, 4) is 6.07 Å². The molecule has 0 saturated heterocycles. The van der Waals surface area contributed by atoms with E-state index in [0.717, 1.165) is 24.6 Å². The molecular weight excluding hydrogens is 330 g/mol. The van der Waals surface area contributed by atoms with Crippen LogP contribution < -0.4 is 16.0 Å². The van der Waals surface area contributed by atoms with Gasteiger partial charge in [-0.25, -0.2) is 15.0 Å². The largest absolute Gasteiger partial charge is 0.379 e. The van der Waals surface area contributed by atoms with E-state index in [0.29, 0.717) is 29.0 Å². The zero-order valence-electron chi connectivity index (χ0n) is 15.3. The van der Waals surface area contributed by atoms with Crippen molar-refractivity contribution < 1.29 is 5.11 Å². The number of aromatic nitrogens is 3. The number of fused-ring (bicyclic) bond motifs is 1. The summed E-state index contributed by atoms with van der Waals surface area (Å²) in [6.07, 6.45) is 4.13. The van der Waals surface area contributed by atoms with Gasteiger partial charge in [0.15, 0.2) is 5.82 Å². The van der Waals surface area contributed by atoms with E-state index in [-0.39, 0.29) is 12.1 Å². The summed E-state index contributed by atoms with van der Waals surface area (Å²) in [6, 6.07) is 4.51. The molecule has 3 rings (SSSR count). The molecule has 138 valence electrons. The van der Waals surface area contributed by atoms with Crippen molar-refractivity contribution in [2.75, 3.05) is 10.6 Å². The van der Waals surface area contributed by atoms with Crippen LogP contribution in [-0.4, -0.2) is 44.4 Å². The number of nitriles is 1. The third-order valence-electron chi connectivity index (χ3n) is 4.35. The lowest BCUT2D eigenvalue weighted by molar-refractivity contribution is 0.141. The number of aliphatic hydroxyl groups is 1. The number of anilines is 2. The molecule has 2 aromatic heterocycles. The van der Waals surface area contributed by atoms with E-state index in [4.69, 9.17) is 5.26 Å². The lowest BCUT2D eigenvalue weighted by atomic mass is 10.2. The molecule has 0 bridgehead atoms. The Bertz CT molecular complexity index is 815. The molecule has 1 aliphatic rings. The first kappa shape index (κ1) is 18.3. The molecule has 8 nitrogen and oxygen atoms in total. The van der Waals surface area contributed by atoms with E-state index in [1.807, 2.05) is 13.8 Å². The van der Waals surface area contributed by atoms with E-state index in [1.165, 1.54) is 0 Å². The van der Waals surface area contributed by atoms with Gasteiger partial charge in [-0.3, -0.25) is 5.32 Å². The van der Waals surface area contributed by atoms with Crippen LogP contribution in [0.25, 0.3) is 10.9 Å². The third-order valence-corrected chi connectivity index (χ3v) is 4.35. The molecule has 0 aliphatic heterocycles. The Morgan fingerprint density at radius 3 is 2.69 bits per heavy atom. The smallest absolute Gasteiger partial charge is 0.223 e. The third kappa shape index (κ3) is 4.36. The maximum atomic E-state index is 9.46. The van der Waals surface area contributed by atoms with Crippen molar-refractivity contribution in [2.45, 2.75) is 64.4 Å². The molecular formula is C18H25N7O. The van der Waals surface area contributed by atoms with Gasteiger partial charge in [-0.1, -0.05) is 0 Å². The van der Waals surface area contributed by atoms with E-state index in [2.05, 4.69) is 37.0 Å². The van der Waals surface area contributed by atoms with Crippen LogP contribution in [0.15, 0.2) is 12.3 Å². The Morgan fingerprint density at radius 1 is 1.23 bits per heavy atom. The average Bonchev–Trinajstić information content (AvgIpc) is 3.00. The molecule has 2 heterocycles. The minimum Gasteiger partial charge on any atom is -0.379 e. The van der Waals surface area contributed by atoms with Gasteiger partial charge < -0.3 is 15.7 Å². The van der Waals surface area contributed by atoms with Crippen molar-refractivity contribution in [3.05, 3.63) is 18.0 Å². The van der Waals surface area contributed by atoms with E-state index in [1.54, 1.807) is 19.2 Å². The standard InChI is InChI=1S/C18H25N7O/c1-10(2)21-17-16-12(6-15(8-19)23-17)9-20-18(25-16)24-14-5-4-13(7-14)22-11(3)26/h6,9-11,13-14,22,26H,4-5,7H2,1-3H3,(H,21,23)(H,20,24,25)/t11?,13-,14?/m0/s1. The second kappa shape index (κ2) is 7.81. The first-order valence-corrected chi connectivity index (χ1v) is 8.99. The summed E-state index contributed by atoms with van der Waals surface area (Å²) < 4.78 is 0. The molecule has 8 heteroatoms. The van der Waals surface area contributed by atoms with Crippen LogP contribution in [0.1, 0.15) is 45.7 Å². The van der Waals surface area contributed by atoms with Crippen molar-refractivity contribution in [2.24, 2.45) is 0 Å². The molecule has 2 unspecified atom stereocenters. The minimum atomic E-state index is -0.499. The van der Waals surface area contributed by atoms with Gasteiger partial charge in [-0.15, -0.1) is 0 Å². The first-order chi connectivity index (χ1) is 12.4. The fourth-order valence-electron chi connectivity index (χ4n) is 3.33. The van der Waals surface area contributed by atoms with Crippen molar-refractivity contribution >= 4 is 22.7 Å². The van der Waals surface area contributed by atoms with Crippen LogP contribution in [-0.2, 0) is 0 Å². The first-order valence-electron chi connectivity index (χ1n) is 8.99. The molecule has 4 N–H and O–H groups in total. The van der Waals surface area contributed by atoms with Gasteiger partial charge in [0, 0.05) is 29.7 Å². The second-order valence-electron chi connectivity index (χ2n) is 7.09. The van der Waals surface area contributed by atoms with Crippen LogP contribution in [0.2, 0.25) is 0 Å². The number of nitrogens with one attached hydrogen (secondary N) is 3. The molecule has 0 spiro atoms. The molecule has 26 heavy (non-hydrogen) atoms. The van der Waals surface area contributed by atoms with Crippen LogP contribution in [0.3, 0.4) is 0 Å². The SMILES string of the molecule is CC(C)Nc1nc(C#N)cc2cnc(NC3CC[C@H](NC(C)O)C3)nc12. The van der Waals surface area contributed by atoms with Crippen LogP contribution in [0, 0.1) is 11.3 Å². The highest BCUT2D eigenvalue weighted by atomic mass is 16.3. The number of pyridine rings is 1. The summed E-state index contributed by atoms with van der Waals surface area (Å²) >= 11 is 0. The average molecular weight is 355 g/mol. The van der Waals surface area contributed by atoms with Gasteiger partial charge in [0.1, 0.15) is 23.5 Å².